The second-order valence-electron chi connectivity index (χ2n) is 5.17. The maximum atomic E-state index is 5.71. The fourth-order valence-electron chi connectivity index (χ4n) is 2.80. The molecule has 2 heteroatoms. The highest BCUT2D eigenvalue weighted by molar-refractivity contribution is 5.64. The van der Waals surface area contributed by atoms with Gasteiger partial charge >= 0.3 is 0 Å². The molecule has 1 aliphatic heterocycles. The van der Waals surface area contributed by atoms with E-state index in [1.807, 2.05) is 0 Å². The van der Waals surface area contributed by atoms with Gasteiger partial charge in [-0.15, -0.1) is 0 Å². The van der Waals surface area contributed by atoms with Gasteiger partial charge in [0.05, 0.1) is 0 Å². The van der Waals surface area contributed by atoms with Crippen molar-refractivity contribution < 1.29 is 0 Å². The van der Waals surface area contributed by atoms with E-state index in [1.165, 1.54) is 36.9 Å². The number of nitrogens with two attached hydrogens (primary N) is 1. The molecule has 2 nitrogen and oxygen atoms in total. The van der Waals surface area contributed by atoms with Crippen molar-refractivity contribution >= 4 is 5.57 Å². The van der Waals surface area contributed by atoms with E-state index >= 15 is 0 Å². The molecule has 1 aromatic rings. The predicted molar refractivity (Wildman–Crippen MR) is 78.4 cm³/mol. The summed E-state index contributed by atoms with van der Waals surface area (Å²) in [5.41, 5.74) is 8.20. The molecule has 1 unspecified atom stereocenters. The molecule has 0 spiro atoms. The average molecular weight is 244 g/mol. The molecule has 0 aromatic heterocycles. The minimum Gasteiger partial charge on any atom is -0.330 e. The number of benzene rings is 1. The Labute approximate surface area is 110 Å². The van der Waals surface area contributed by atoms with Crippen molar-refractivity contribution in [2.75, 3.05) is 19.6 Å². The van der Waals surface area contributed by atoms with Gasteiger partial charge in [0, 0.05) is 12.6 Å². The lowest BCUT2D eigenvalue weighted by molar-refractivity contribution is 0.161. The first-order chi connectivity index (χ1) is 8.81. The van der Waals surface area contributed by atoms with E-state index in [0.717, 1.165) is 19.5 Å². The van der Waals surface area contributed by atoms with Crippen LogP contribution in [0.2, 0.25) is 0 Å². The van der Waals surface area contributed by atoms with Gasteiger partial charge in [0.2, 0.25) is 0 Å². The van der Waals surface area contributed by atoms with Gasteiger partial charge in [-0.05, 0) is 43.5 Å². The highest BCUT2D eigenvalue weighted by Crippen LogP contribution is 2.22. The Morgan fingerprint density at radius 3 is 2.78 bits per heavy atom. The Morgan fingerprint density at radius 2 is 2.06 bits per heavy atom. The summed E-state index contributed by atoms with van der Waals surface area (Å²) in [6.45, 7) is 7.20. The molecule has 1 heterocycles. The minimum absolute atomic E-state index is 0.657. The van der Waals surface area contributed by atoms with Crippen LogP contribution in [0.1, 0.15) is 31.2 Å². The molecule has 1 atom stereocenters. The van der Waals surface area contributed by atoms with E-state index in [-0.39, 0.29) is 0 Å². The number of likely N-dealkylation sites (tertiary alicyclic amines) is 1. The number of hydrogen-bond donors (Lipinski definition) is 1. The van der Waals surface area contributed by atoms with Crippen LogP contribution >= 0.6 is 0 Å². The van der Waals surface area contributed by atoms with Crippen molar-refractivity contribution in [2.24, 2.45) is 5.73 Å². The normalized spacial score (nSPS) is 20.8. The molecular weight excluding hydrogens is 220 g/mol. The molecule has 2 N–H and O–H groups in total. The quantitative estimate of drug-likeness (QED) is 0.863. The molecule has 98 valence electrons. The summed E-state index contributed by atoms with van der Waals surface area (Å²) >= 11 is 0. The van der Waals surface area contributed by atoms with Gasteiger partial charge in [-0.2, -0.15) is 0 Å². The predicted octanol–water partition coefficient (Wildman–Crippen LogP) is 2.90. The first-order valence-electron chi connectivity index (χ1n) is 6.98. The molecule has 0 saturated carbocycles. The van der Waals surface area contributed by atoms with E-state index < -0.39 is 0 Å². The molecular formula is C16H24N2. The van der Waals surface area contributed by atoms with Crippen LogP contribution in [0.15, 0.2) is 36.9 Å². The first-order valence-corrected chi connectivity index (χ1v) is 6.98. The van der Waals surface area contributed by atoms with Crippen molar-refractivity contribution in [1.82, 2.24) is 4.90 Å². The van der Waals surface area contributed by atoms with E-state index in [2.05, 4.69) is 41.8 Å². The van der Waals surface area contributed by atoms with Gasteiger partial charge in [0.1, 0.15) is 0 Å². The summed E-state index contributed by atoms with van der Waals surface area (Å²) in [6, 6.07) is 11.1. The van der Waals surface area contributed by atoms with Crippen LogP contribution in [-0.4, -0.2) is 30.6 Å². The molecule has 0 aliphatic carbocycles. The average Bonchev–Trinajstić information content (AvgIpc) is 2.42. The largest absolute Gasteiger partial charge is 0.330 e. The number of nitrogens with zero attached hydrogens (tertiary/aromatic N) is 1. The van der Waals surface area contributed by atoms with Crippen LogP contribution in [-0.2, 0) is 0 Å². The SMILES string of the molecule is C=C(CN1CCCCC1CCN)c1ccccc1. The summed E-state index contributed by atoms with van der Waals surface area (Å²) < 4.78 is 0. The van der Waals surface area contributed by atoms with Crippen molar-refractivity contribution in [3.05, 3.63) is 42.5 Å². The van der Waals surface area contributed by atoms with E-state index in [9.17, 15) is 0 Å². The number of piperidine rings is 1. The van der Waals surface area contributed by atoms with Gasteiger partial charge in [-0.25, -0.2) is 0 Å². The maximum absolute atomic E-state index is 5.71. The summed E-state index contributed by atoms with van der Waals surface area (Å²) in [6.07, 6.45) is 5.06. The smallest absolute Gasteiger partial charge is 0.0236 e. The molecule has 0 amide bonds. The Balaban J connectivity index is 1.96. The first kappa shape index (κ1) is 13.3. The zero-order valence-corrected chi connectivity index (χ0v) is 11.1. The third-order valence-corrected chi connectivity index (χ3v) is 3.82. The Morgan fingerprint density at radius 1 is 1.28 bits per heavy atom. The molecule has 0 bridgehead atoms. The van der Waals surface area contributed by atoms with Crippen molar-refractivity contribution in [3.8, 4) is 0 Å². The second-order valence-corrected chi connectivity index (χ2v) is 5.17. The van der Waals surface area contributed by atoms with Crippen molar-refractivity contribution in [2.45, 2.75) is 31.7 Å². The second kappa shape index (κ2) is 6.72. The summed E-state index contributed by atoms with van der Waals surface area (Å²) in [5.74, 6) is 0. The van der Waals surface area contributed by atoms with Crippen LogP contribution in [0, 0.1) is 0 Å². The van der Waals surface area contributed by atoms with Crippen LogP contribution in [0.4, 0.5) is 0 Å². The standard InChI is InChI=1S/C16H24N2/c1-14(15-7-3-2-4-8-15)13-18-12-6-5-9-16(18)10-11-17/h2-4,7-8,16H,1,5-6,9-13,17H2. The van der Waals surface area contributed by atoms with E-state index in [0.29, 0.717) is 6.04 Å². The Kier molecular flexibility index (Phi) is 4.97. The molecule has 1 fully saturated rings. The van der Waals surface area contributed by atoms with Crippen molar-refractivity contribution in [3.63, 3.8) is 0 Å². The maximum Gasteiger partial charge on any atom is 0.0236 e. The van der Waals surface area contributed by atoms with Gasteiger partial charge in [-0.1, -0.05) is 43.3 Å². The van der Waals surface area contributed by atoms with Gasteiger partial charge in [-0.3, -0.25) is 4.90 Å². The number of hydrogen-bond acceptors (Lipinski definition) is 2. The lowest BCUT2D eigenvalue weighted by Crippen LogP contribution is -2.41. The minimum atomic E-state index is 0.657. The summed E-state index contributed by atoms with van der Waals surface area (Å²) in [7, 11) is 0. The lowest BCUT2D eigenvalue weighted by atomic mass is 9.97. The summed E-state index contributed by atoms with van der Waals surface area (Å²) in [4.78, 5) is 2.56. The third-order valence-electron chi connectivity index (χ3n) is 3.82. The highest BCUT2D eigenvalue weighted by Gasteiger charge is 2.21. The van der Waals surface area contributed by atoms with Crippen LogP contribution in [0.3, 0.4) is 0 Å². The summed E-state index contributed by atoms with van der Waals surface area (Å²) in [5, 5.41) is 0. The van der Waals surface area contributed by atoms with E-state index in [4.69, 9.17) is 5.73 Å². The van der Waals surface area contributed by atoms with Gasteiger partial charge in [0.25, 0.3) is 0 Å². The van der Waals surface area contributed by atoms with Crippen LogP contribution in [0.25, 0.3) is 5.57 Å². The number of rotatable bonds is 5. The fraction of sp³-hybridized carbons (Fsp3) is 0.500. The third kappa shape index (κ3) is 3.44. The Hall–Kier alpha value is -1.12. The highest BCUT2D eigenvalue weighted by atomic mass is 15.2. The molecule has 0 radical (unpaired) electrons. The zero-order chi connectivity index (χ0) is 12.8. The monoisotopic (exact) mass is 244 g/mol. The molecule has 1 aromatic carbocycles. The van der Waals surface area contributed by atoms with Gasteiger partial charge in [0.15, 0.2) is 0 Å². The van der Waals surface area contributed by atoms with Crippen LogP contribution in [0.5, 0.6) is 0 Å². The molecule has 18 heavy (non-hydrogen) atoms. The van der Waals surface area contributed by atoms with Gasteiger partial charge < -0.3 is 5.73 Å². The Bertz CT molecular complexity index is 370. The van der Waals surface area contributed by atoms with Crippen molar-refractivity contribution in [1.29, 1.82) is 0 Å². The molecule has 1 saturated heterocycles. The fourth-order valence-corrected chi connectivity index (χ4v) is 2.80. The molecule has 1 aliphatic rings. The topological polar surface area (TPSA) is 29.3 Å². The van der Waals surface area contributed by atoms with E-state index in [1.54, 1.807) is 0 Å². The molecule has 2 rings (SSSR count). The lowest BCUT2D eigenvalue weighted by Gasteiger charge is -2.36. The zero-order valence-electron chi connectivity index (χ0n) is 11.1. The van der Waals surface area contributed by atoms with Crippen LogP contribution < -0.4 is 5.73 Å².